The van der Waals surface area contributed by atoms with Crippen molar-refractivity contribution in [2.45, 2.75) is 6.54 Å². The fourth-order valence-electron chi connectivity index (χ4n) is 1.37. The van der Waals surface area contributed by atoms with Crippen LogP contribution < -0.4 is 5.32 Å². The largest absolute Gasteiger partial charge is 0.365 e. The van der Waals surface area contributed by atoms with Crippen LogP contribution in [-0.4, -0.2) is 9.97 Å². The molecule has 0 aliphatic rings. The van der Waals surface area contributed by atoms with E-state index >= 15 is 0 Å². The Labute approximate surface area is 104 Å². The van der Waals surface area contributed by atoms with Gasteiger partial charge in [-0.1, -0.05) is 12.1 Å². The van der Waals surface area contributed by atoms with Crippen LogP contribution in [0.3, 0.4) is 0 Å². The number of hydrogen-bond donors (Lipinski definition) is 1. The summed E-state index contributed by atoms with van der Waals surface area (Å²) < 4.78 is 0. The van der Waals surface area contributed by atoms with E-state index in [2.05, 4.69) is 21.4 Å². The molecule has 1 heterocycles. The summed E-state index contributed by atoms with van der Waals surface area (Å²) in [6.45, 7) is 0.590. The molecule has 86 valence electrons. The van der Waals surface area contributed by atoms with Gasteiger partial charge in [0.05, 0.1) is 24.0 Å². The minimum absolute atomic E-state index is 0.291. The highest BCUT2D eigenvalue weighted by Gasteiger charge is 1.97. The molecule has 0 bridgehead atoms. The predicted octanol–water partition coefficient (Wildman–Crippen LogP) is 1.83. The van der Waals surface area contributed by atoms with Gasteiger partial charge in [0.1, 0.15) is 11.9 Å². The lowest BCUT2D eigenvalue weighted by Crippen LogP contribution is -2.02. The van der Waals surface area contributed by atoms with E-state index in [0.717, 1.165) is 5.56 Å². The van der Waals surface area contributed by atoms with Crippen molar-refractivity contribution in [3.05, 3.63) is 53.5 Å². The molecule has 0 amide bonds. The van der Waals surface area contributed by atoms with Gasteiger partial charge >= 0.3 is 0 Å². The zero-order chi connectivity index (χ0) is 12.8. The maximum Gasteiger partial charge on any atom is 0.158 e. The van der Waals surface area contributed by atoms with Crippen molar-refractivity contribution >= 4 is 5.82 Å². The molecule has 2 aromatic rings. The average molecular weight is 235 g/mol. The molecular weight excluding hydrogens is 226 g/mol. The molecule has 0 aliphatic carbocycles. The number of benzene rings is 1. The molecule has 0 unspecified atom stereocenters. The summed E-state index contributed by atoms with van der Waals surface area (Å²) in [5.41, 5.74) is 1.97. The smallest absolute Gasteiger partial charge is 0.158 e. The van der Waals surface area contributed by atoms with Gasteiger partial charge in [-0.25, -0.2) is 9.97 Å². The van der Waals surface area contributed by atoms with Crippen LogP contribution in [0.4, 0.5) is 5.82 Å². The molecule has 5 heteroatoms. The maximum absolute atomic E-state index is 8.68. The number of anilines is 1. The van der Waals surface area contributed by atoms with Crippen molar-refractivity contribution < 1.29 is 0 Å². The number of nitrogens with zero attached hydrogens (tertiary/aromatic N) is 4. The Bertz CT molecular complexity index is 544. The normalized spacial score (nSPS) is 9.22. The predicted molar refractivity (Wildman–Crippen MR) is 65.2 cm³/mol. The van der Waals surface area contributed by atoms with E-state index in [1.54, 1.807) is 12.1 Å². The highest BCUT2D eigenvalue weighted by molar-refractivity contribution is 5.36. The van der Waals surface area contributed by atoms with Crippen molar-refractivity contribution in [2.75, 3.05) is 5.32 Å². The number of nitrogens with one attached hydrogen (secondary N) is 1. The number of aromatic nitrogens is 2. The van der Waals surface area contributed by atoms with E-state index in [0.29, 0.717) is 23.6 Å². The van der Waals surface area contributed by atoms with Crippen molar-refractivity contribution in [1.29, 1.82) is 10.5 Å². The number of nitriles is 2. The first-order valence-corrected chi connectivity index (χ1v) is 5.27. The fourth-order valence-corrected chi connectivity index (χ4v) is 1.37. The molecule has 0 saturated heterocycles. The van der Waals surface area contributed by atoms with Crippen LogP contribution in [0.5, 0.6) is 0 Å². The Morgan fingerprint density at radius 3 is 2.33 bits per heavy atom. The molecule has 5 nitrogen and oxygen atoms in total. The molecule has 2 rings (SSSR count). The van der Waals surface area contributed by atoms with Crippen molar-refractivity contribution in [1.82, 2.24) is 9.97 Å². The molecule has 18 heavy (non-hydrogen) atoms. The van der Waals surface area contributed by atoms with Crippen LogP contribution in [0.15, 0.2) is 36.7 Å². The molecular formula is C13H9N5. The first-order valence-electron chi connectivity index (χ1n) is 5.27. The van der Waals surface area contributed by atoms with Gasteiger partial charge in [0.15, 0.2) is 5.69 Å². The first kappa shape index (κ1) is 11.6. The van der Waals surface area contributed by atoms with Crippen molar-refractivity contribution in [3.8, 4) is 12.1 Å². The van der Waals surface area contributed by atoms with Gasteiger partial charge in [-0.05, 0) is 17.7 Å². The third kappa shape index (κ3) is 2.81. The monoisotopic (exact) mass is 235 g/mol. The van der Waals surface area contributed by atoms with Gasteiger partial charge in [0, 0.05) is 6.54 Å². The summed E-state index contributed by atoms with van der Waals surface area (Å²) in [5.74, 6) is 0.610. The second-order valence-electron chi connectivity index (χ2n) is 3.56. The van der Waals surface area contributed by atoms with Gasteiger partial charge in [-0.2, -0.15) is 10.5 Å². The Morgan fingerprint density at radius 2 is 1.78 bits per heavy atom. The van der Waals surface area contributed by atoms with E-state index in [4.69, 9.17) is 10.5 Å². The first-order chi connectivity index (χ1) is 8.81. The second kappa shape index (κ2) is 5.42. The van der Waals surface area contributed by atoms with Crippen LogP contribution in [0.1, 0.15) is 16.8 Å². The van der Waals surface area contributed by atoms with Crippen LogP contribution in [0.25, 0.3) is 0 Å². The quantitative estimate of drug-likeness (QED) is 0.877. The van der Waals surface area contributed by atoms with Crippen molar-refractivity contribution in [2.24, 2.45) is 0 Å². The zero-order valence-corrected chi connectivity index (χ0v) is 9.46. The molecule has 1 aromatic carbocycles. The Hall–Kier alpha value is -2.92. The van der Waals surface area contributed by atoms with Gasteiger partial charge in [-0.3, -0.25) is 0 Å². The molecule has 0 aliphatic heterocycles. The van der Waals surface area contributed by atoms with E-state index < -0.39 is 0 Å². The highest BCUT2D eigenvalue weighted by Crippen LogP contribution is 2.06. The SMILES string of the molecule is N#Cc1ccc(CNc2cnc(C#N)cn2)cc1. The van der Waals surface area contributed by atoms with Gasteiger partial charge in [-0.15, -0.1) is 0 Å². The molecule has 1 N–H and O–H groups in total. The maximum atomic E-state index is 8.68. The summed E-state index contributed by atoms with van der Waals surface area (Å²) in [7, 11) is 0. The average Bonchev–Trinajstić information content (AvgIpc) is 2.46. The summed E-state index contributed by atoms with van der Waals surface area (Å²) in [6.07, 6.45) is 2.93. The van der Waals surface area contributed by atoms with Crippen molar-refractivity contribution in [3.63, 3.8) is 0 Å². The molecule has 0 atom stereocenters. The van der Waals surface area contributed by atoms with E-state index in [1.807, 2.05) is 18.2 Å². The second-order valence-corrected chi connectivity index (χ2v) is 3.56. The van der Waals surface area contributed by atoms with Gasteiger partial charge in [0.2, 0.25) is 0 Å². The third-order valence-corrected chi connectivity index (χ3v) is 2.32. The third-order valence-electron chi connectivity index (χ3n) is 2.32. The lowest BCUT2D eigenvalue weighted by molar-refractivity contribution is 1.08. The Kier molecular flexibility index (Phi) is 3.48. The van der Waals surface area contributed by atoms with E-state index in [9.17, 15) is 0 Å². The van der Waals surface area contributed by atoms with Gasteiger partial charge < -0.3 is 5.32 Å². The lowest BCUT2D eigenvalue weighted by atomic mass is 10.1. The van der Waals surface area contributed by atoms with E-state index in [-0.39, 0.29) is 0 Å². The number of hydrogen-bond acceptors (Lipinski definition) is 5. The standard InChI is InChI=1S/C13H9N5/c14-5-10-1-3-11(4-2-10)7-17-13-9-16-12(6-15)8-18-13/h1-4,8-9H,7H2,(H,17,18). The fraction of sp³-hybridized carbons (Fsp3) is 0.0769. The minimum Gasteiger partial charge on any atom is -0.365 e. The molecule has 0 fully saturated rings. The molecule has 1 aromatic heterocycles. The molecule has 0 radical (unpaired) electrons. The topological polar surface area (TPSA) is 85.4 Å². The lowest BCUT2D eigenvalue weighted by Gasteiger charge is -2.04. The van der Waals surface area contributed by atoms with Crippen LogP contribution >= 0.6 is 0 Å². The van der Waals surface area contributed by atoms with Crippen LogP contribution in [0.2, 0.25) is 0 Å². The van der Waals surface area contributed by atoms with E-state index in [1.165, 1.54) is 12.4 Å². The van der Waals surface area contributed by atoms with Crippen LogP contribution in [-0.2, 0) is 6.54 Å². The summed E-state index contributed by atoms with van der Waals surface area (Å²) >= 11 is 0. The highest BCUT2D eigenvalue weighted by atomic mass is 15.0. The Balaban J connectivity index is 1.98. The molecule has 0 saturated carbocycles. The van der Waals surface area contributed by atoms with Crippen LogP contribution in [0, 0.1) is 22.7 Å². The minimum atomic E-state index is 0.291. The summed E-state index contributed by atoms with van der Waals surface area (Å²) in [6, 6.07) is 11.3. The molecule has 0 spiro atoms. The Morgan fingerprint density at radius 1 is 1.00 bits per heavy atom. The summed E-state index contributed by atoms with van der Waals surface area (Å²) in [4.78, 5) is 7.96. The van der Waals surface area contributed by atoms with Gasteiger partial charge in [0.25, 0.3) is 0 Å². The summed E-state index contributed by atoms with van der Waals surface area (Å²) in [5, 5.41) is 20.3. The number of rotatable bonds is 3. The zero-order valence-electron chi connectivity index (χ0n) is 9.46.